The van der Waals surface area contributed by atoms with E-state index >= 15 is 0 Å². The van der Waals surface area contributed by atoms with E-state index in [9.17, 15) is 22.8 Å². The summed E-state index contributed by atoms with van der Waals surface area (Å²) in [6, 6.07) is 4.20. The maximum absolute atomic E-state index is 12.5. The highest BCUT2D eigenvalue weighted by Gasteiger charge is 2.36. The van der Waals surface area contributed by atoms with E-state index in [1.54, 1.807) is 0 Å². The highest BCUT2D eigenvalue weighted by Crippen LogP contribution is 2.30. The summed E-state index contributed by atoms with van der Waals surface area (Å²) in [5.41, 5.74) is -0.310. The highest BCUT2D eigenvalue weighted by molar-refractivity contribution is 5.97. The highest BCUT2D eigenvalue weighted by atomic mass is 19.4. The Bertz CT molecular complexity index is 772. The zero-order valence-electron chi connectivity index (χ0n) is 12.8. The molecule has 2 amide bonds. The maximum atomic E-state index is 12.5. The molecule has 1 aromatic carbocycles. The number of carbonyl (C=O) groups excluding carboxylic acids is 2. The van der Waals surface area contributed by atoms with E-state index in [1.807, 2.05) is 0 Å². The van der Waals surface area contributed by atoms with Crippen molar-refractivity contribution < 1.29 is 22.8 Å². The van der Waals surface area contributed by atoms with Crippen LogP contribution in [0, 0.1) is 5.92 Å². The summed E-state index contributed by atoms with van der Waals surface area (Å²) in [5.74, 6) is -1.07. The van der Waals surface area contributed by atoms with Gasteiger partial charge in [0.1, 0.15) is 5.69 Å². The second-order valence-corrected chi connectivity index (χ2v) is 5.56. The number of aromatic nitrogens is 2. The van der Waals surface area contributed by atoms with Crippen LogP contribution in [-0.2, 0) is 11.0 Å². The van der Waals surface area contributed by atoms with Crippen LogP contribution in [0.2, 0.25) is 0 Å². The Kier molecular flexibility index (Phi) is 4.39. The van der Waals surface area contributed by atoms with Gasteiger partial charge in [0.25, 0.3) is 5.91 Å². The Morgan fingerprint density at radius 2 is 1.80 bits per heavy atom. The molecule has 1 N–H and O–H groups in total. The van der Waals surface area contributed by atoms with Crippen molar-refractivity contribution in [3.05, 3.63) is 54.1 Å². The van der Waals surface area contributed by atoms with E-state index in [0.29, 0.717) is 0 Å². The summed E-state index contributed by atoms with van der Waals surface area (Å²) in [5, 5.41) is 2.55. The molecule has 0 unspecified atom stereocenters. The number of halogens is 3. The van der Waals surface area contributed by atoms with Crippen LogP contribution in [0.1, 0.15) is 16.1 Å². The number of nitrogens with one attached hydrogen (secondary N) is 1. The van der Waals surface area contributed by atoms with E-state index in [0.717, 1.165) is 12.1 Å². The number of hydrogen-bond acceptors (Lipinski definition) is 4. The fourth-order valence-corrected chi connectivity index (χ4v) is 2.37. The molecule has 3 rings (SSSR count). The van der Waals surface area contributed by atoms with Gasteiger partial charge >= 0.3 is 6.18 Å². The zero-order chi connectivity index (χ0) is 18.0. The molecule has 1 saturated heterocycles. The Hall–Kier alpha value is -2.97. The number of benzene rings is 1. The quantitative estimate of drug-likeness (QED) is 0.921. The lowest BCUT2D eigenvalue weighted by Crippen LogP contribution is -2.54. The summed E-state index contributed by atoms with van der Waals surface area (Å²) in [4.78, 5) is 33.3. The van der Waals surface area contributed by atoms with Crippen molar-refractivity contribution in [2.75, 3.05) is 18.4 Å². The minimum absolute atomic E-state index is 0.198. The lowest BCUT2D eigenvalue weighted by molar-refractivity contribution is -0.137. The molecule has 0 saturated carbocycles. The largest absolute Gasteiger partial charge is 0.416 e. The van der Waals surface area contributed by atoms with E-state index in [2.05, 4.69) is 15.3 Å². The molecule has 1 aliphatic rings. The molecule has 1 aromatic heterocycles. The van der Waals surface area contributed by atoms with E-state index in [4.69, 9.17) is 0 Å². The fraction of sp³-hybridized carbons (Fsp3) is 0.250. The van der Waals surface area contributed by atoms with E-state index in [-0.39, 0.29) is 36.3 Å². The lowest BCUT2D eigenvalue weighted by Gasteiger charge is -2.37. The van der Waals surface area contributed by atoms with Crippen LogP contribution in [-0.4, -0.2) is 39.8 Å². The third kappa shape index (κ3) is 3.76. The van der Waals surface area contributed by atoms with Crippen LogP contribution in [0.25, 0.3) is 0 Å². The van der Waals surface area contributed by atoms with Crippen LogP contribution >= 0.6 is 0 Å². The molecule has 0 bridgehead atoms. The Labute approximate surface area is 140 Å². The van der Waals surface area contributed by atoms with Crippen molar-refractivity contribution in [1.29, 1.82) is 0 Å². The van der Waals surface area contributed by atoms with Gasteiger partial charge in [-0.3, -0.25) is 14.6 Å². The van der Waals surface area contributed by atoms with Gasteiger partial charge in [0.15, 0.2) is 0 Å². The molecule has 9 heteroatoms. The van der Waals surface area contributed by atoms with Crippen LogP contribution in [0.5, 0.6) is 0 Å². The van der Waals surface area contributed by atoms with Crippen molar-refractivity contribution in [1.82, 2.24) is 14.9 Å². The first-order valence-electron chi connectivity index (χ1n) is 7.38. The Morgan fingerprint density at radius 1 is 1.12 bits per heavy atom. The number of nitrogens with zero attached hydrogens (tertiary/aromatic N) is 3. The molecule has 0 radical (unpaired) electrons. The van der Waals surface area contributed by atoms with E-state index in [1.165, 1.54) is 35.6 Å². The van der Waals surface area contributed by atoms with Crippen molar-refractivity contribution in [3.63, 3.8) is 0 Å². The van der Waals surface area contributed by atoms with Gasteiger partial charge in [-0.25, -0.2) is 4.98 Å². The summed E-state index contributed by atoms with van der Waals surface area (Å²) < 4.78 is 37.5. The molecule has 2 heterocycles. The second-order valence-electron chi connectivity index (χ2n) is 5.56. The molecule has 1 aliphatic heterocycles. The first-order valence-corrected chi connectivity index (χ1v) is 7.38. The van der Waals surface area contributed by atoms with Crippen LogP contribution in [0.4, 0.5) is 18.9 Å². The molecule has 2 aromatic rings. The third-order valence-electron chi connectivity index (χ3n) is 3.80. The van der Waals surface area contributed by atoms with Crippen LogP contribution in [0.3, 0.4) is 0 Å². The van der Waals surface area contributed by atoms with Gasteiger partial charge in [-0.2, -0.15) is 13.2 Å². The molecule has 0 aliphatic carbocycles. The number of carbonyl (C=O) groups is 2. The van der Waals surface area contributed by atoms with Gasteiger partial charge in [-0.1, -0.05) is 0 Å². The molecule has 6 nitrogen and oxygen atoms in total. The van der Waals surface area contributed by atoms with Gasteiger partial charge in [0.2, 0.25) is 5.91 Å². The minimum atomic E-state index is -4.42. The average Bonchev–Trinajstić information content (AvgIpc) is 2.54. The zero-order valence-corrected chi connectivity index (χ0v) is 12.8. The van der Waals surface area contributed by atoms with Crippen LogP contribution in [0.15, 0.2) is 42.9 Å². The Morgan fingerprint density at radius 3 is 2.36 bits per heavy atom. The number of alkyl halides is 3. The summed E-state index contributed by atoms with van der Waals surface area (Å²) in [6.45, 7) is 0.448. The molecule has 1 fully saturated rings. The van der Waals surface area contributed by atoms with Crippen molar-refractivity contribution in [3.8, 4) is 0 Å². The third-order valence-corrected chi connectivity index (χ3v) is 3.80. The number of rotatable bonds is 3. The van der Waals surface area contributed by atoms with Gasteiger partial charge in [0.05, 0.1) is 17.7 Å². The van der Waals surface area contributed by atoms with Gasteiger partial charge in [0, 0.05) is 31.2 Å². The topological polar surface area (TPSA) is 75.2 Å². The van der Waals surface area contributed by atoms with Crippen molar-refractivity contribution >= 4 is 17.5 Å². The molecular formula is C16H13F3N4O2. The van der Waals surface area contributed by atoms with Gasteiger partial charge < -0.3 is 10.2 Å². The average molecular weight is 350 g/mol. The molecule has 25 heavy (non-hydrogen) atoms. The molecular weight excluding hydrogens is 337 g/mol. The summed E-state index contributed by atoms with van der Waals surface area (Å²) >= 11 is 0. The monoisotopic (exact) mass is 350 g/mol. The smallest absolute Gasteiger partial charge is 0.336 e. The normalized spacial score (nSPS) is 14.8. The molecule has 0 atom stereocenters. The number of anilines is 1. The molecule has 0 spiro atoms. The number of amides is 2. The lowest BCUT2D eigenvalue weighted by atomic mass is 9.98. The SMILES string of the molecule is O=C(Nc1ccc(C(F)(F)F)cc1)C1CN(C(=O)c2cnccn2)C1. The van der Waals surface area contributed by atoms with Gasteiger partial charge in [-0.05, 0) is 24.3 Å². The predicted molar refractivity (Wildman–Crippen MR) is 81.5 cm³/mol. The van der Waals surface area contributed by atoms with E-state index < -0.39 is 17.7 Å². The first kappa shape index (κ1) is 16.9. The fourth-order valence-electron chi connectivity index (χ4n) is 2.37. The standard InChI is InChI=1S/C16H13F3N4O2/c17-16(18,19)11-1-3-12(4-2-11)22-14(24)10-8-23(9-10)15(25)13-7-20-5-6-21-13/h1-7,10H,8-9H2,(H,22,24). The van der Waals surface area contributed by atoms with Crippen molar-refractivity contribution in [2.45, 2.75) is 6.18 Å². The van der Waals surface area contributed by atoms with Crippen LogP contribution < -0.4 is 5.32 Å². The number of hydrogen-bond donors (Lipinski definition) is 1. The number of likely N-dealkylation sites (tertiary alicyclic amines) is 1. The minimum Gasteiger partial charge on any atom is -0.336 e. The predicted octanol–water partition coefficient (Wildman–Crippen LogP) is 2.21. The van der Waals surface area contributed by atoms with Gasteiger partial charge in [-0.15, -0.1) is 0 Å². The molecule has 130 valence electrons. The maximum Gasteiger partial charge on any atom is 0.416 e. The first-order chi connectivity index (χ1) is 11.8. The summed E-state index contributed by atoms with van der Waals surface area (Å²) in [7, 11) is 0. The second kappa shape index (κ2) is 6.50. The van der Waals surface area contributed by atoms with Crippen molar-refractivity contribution in [2.24, 2.45) is 5.92 Å². The Balaban J connectivity index is 1.53. The summed E-state index contributed by atoms with van der Waals surface area (Å²) in [6.07, 6.45) is -0.218.